The molecule has 1 atom stereocenters. The monoisotopic (exact) mass is 317 g/mol. The van der Waals surface area contributed by atoms with Gasteiger partial charge in [0.25, 0.3) is 0 Å². The predicted octanol–water partition coefficient (Wildman–Crippen LogP) is 3.45. The minimum atomic E-state index is -0.518. The van der Waals surface area contributed by atoms with Crippen molar-refractivity contribution in [1.29, 1.82) is 0 Å². The summed E-state index contributed by atoms with van der Waals surface area (Å²) in [5, 5.41) is 13.7. The van der Waals surface area contributed by atoms with Crippen LogP contribution < -0.4 is 5.32 Å². The highest BCUT2D eigenvalue weighted by Crippen LogP contribution is 2.24. The molecule has 0 bridgehead atoms. The smallest absolute Gasteiger partial charge is 0.224 e. The van der Waals surface area contributed by atoms with Gasteiger partial charge in [-0.2, -0.15) is 0 Å². The van der Waals surface area contributed by atoms with Crippen LogP contribution in [0.15, 0.2) is 18.2 Å². The first-order valence-electron chi connectivity index (χ1n) is 6.87. The first-order chi connectivity index (χ1) is 9.49. The van der Waals surface area contributed by atoms with Gasteiger partial charge in [0.1, 0.15) is 0 Å². The average Bonchev–Trinajstić information content (AvgIpc) is 2.42. The number of carbonyl (C=O) groups excluding carboxylic acids is 1. The Morgan fingerprint density at radius 3 is 2.30 bits per heavy atom. The molecule has 5 heteroatoms. The van der Waals surface area contributed by atoms with Crippen LogP contribution in [0.3, 0.4) is 0 Å². The molecular formula is C15H21Cl2NO2. The van der Waals surface area contributed by atoms with E-state index in [1.165, 1.54) is 0 Å². The lowest BCUT2D eigenvalue weighted by atomic mass is 9.96. The van der Waals surface area contributed by atoms with Crippen LogP contribution in [-0.2, 0) is 11.2 Å². The second kappa shape index (κ2) is 8.50. The number of carbonyl (C=O) groups is 1. The molecular weight excluding hydrogens is 297 g/mol. The third-order valence-electron chi connectivity index (χ3n) is 3.50. The Morgan fingerprint density at radius 2 is 1.80 bits per heavy atom. The number of hydrogen-bond donors (Lipinski definition) is 2. The summed E-state index contributed by atoms with van der Waals surface area (Å²) < 4.78 is 0. The number of halogens is 2. The molecule has 2 N–H and O–H groups in total. The van der Waals surface area contributed by atoms with Crippen molar-refractivity contribution in [2.75, 3.05) is 6.54 Å². The van der Waals surface area contributed by atoms with Gasteiger partial charge in [-0.15, -0.1) is 0 Å². The fourth-order valence-electron chi connectivity index (χ4n) is 2.14. The quantitative estimate of drug-likeness (QED) is 0.809. The van der Waals surface area contributed by atoms with Crippen LogP contribution in [0.2, 0.25) is 10.0 Å². The van der Waals surface area contributed by atoms with Gasteiger partial charge in [0.05, 0.1) is 12.5 Å². The number of nitrogens with one attached hydrogen (secondary N) is 1. The molecule has 0 fully saturated rings. The zero-order valence-electron chi connectivity index (χ0n) is 11.8. The lowest BCUT2D eigenvalue weighted by molar-refractivity contribution is -0.121. The SMILES string of the molecule is CCC(CC)C(O)CNC(=O)Cc1c(Cl)cccc1Cl. The molecule has 3 nitrogen and oxygen atoms in total. The summed E-state index contributed by atoms with van der Waals surface area (Å²) in [5.41, 5.74) is 0.616. The molecule has 1 aromatic rings. The molecule has 0 saturated heterocycles. The zero-order chi connectivity index (χ0) is 15.1. The van der Waals surface area contributed by atoms with Crippen LogP contribution in [-0.4, -0.2) is 23.7 Å². The molecule has 1 rings (SSSR count). The van der Waals surface area contributed by atoms with Crippen molar-refractivity contribution in [1.82, 2.24) is 5.32 Å². The van der Waals surface area contributed by atoms with Gasteiger partial charge in [-0.25, -0.2) is 0 Å². The van der Waals surface area contributed by atoms with Crippen LogP contribution in [0, 0.1) is 5.92 Å². The van der Waals surface area contributed by atoms with Crippen molar-refractivity contribution in [3.63, 3.8) is 0 Å². The van der Waals surface area contributed by atoms with Crippen molar-refractivity contribution in [3.8, 4) is 0 Å². The molecule has 1 amide bonds. The highest BCUT2D eigenvalue weighted by Gasteiger charge is 2.17. The fraction of sp³-hybridized carbons (Fsp3) is 0.533. The van der Waals surface area contributed by atoms with E-state index in [9.17, 15) is 9.90 Å². The summed E-state index contributed by atoms with van der Waals surface area (Å²) >= 11 is 12.0. The Balaban J connectivity index is 2.52. The van der Waals surface area contributed by atoms with Crippen LogP contribution in [0.5, 0.6) is 0 Å². The van der Waals surface area contributed by atoms with Gasteiger partial charge in [-0.05, 0) is 23.6 Å². The molecule has 1 aromatic carbocycles. The predicted molar refractivity (Wildman–Crippen MR) is 83.3 cm³/mol. The maximum absolute atomic E-state index is 11.9. The van der Waals surface area contributed by atoms with E-state index in [2.05, 4.69) is 5.32 Å². The minimum Gasteiger partial charge on any atom is -0.391 e. The molecule has 20 heavy (non-hydrogen) atoms. The van der Waals surface area contributed by atoms with Gasteiger partial charge in [-0.1, -0.05) is 56.0 Å². The molecule has 0 aliphatic carbocycles. The average molecular weight is 318 g/mol. The van der Waals surface area contributed by atoms with Crippen LogP contribution in [0.25, 0.3) is 0 Å². The number of aliphatic hydroxyl groups is 1. The molecule has 112 valence electrons. The van der Waals surface area contributed by atoms with Crippen molar-refractivity contribution in [2.24, 2.45) is 5.92 Å². The summed E-state index contributed by atoms with van der Waals surface area (Å²) in [6.45, 7) is 4.32. The molecule has 0 aliphatic heterocycles. The Bertz CT molecular complexity index is 427. The van der Waals surface area contributed by atoms with E-state index in [0.717, 1.165) is 12.8 Å². The normalized spacial score (nSPS) is 12.5. The summed E-state index contributed by atoms with van der Waals surface area (Å²) in [6.07, 6.45) is 1.39. The number of rotatable bonds is 7. The van der Waals surface area contributed by atoms with Crippen molar-refractivity contribution in [2.45, 2.75) is 39.2 Å². The fourth-order valence-corrected chi connectivity index (χ4v) is 2.67. The van der Waals surface area contributed by atoms with Gasteiger partial charge >= 0.3 is 0 Å². The van der Waals surface area contributed by atoms with E-state index in [0.29, 0.717) is 15.6 Å². The van der Waals surface area contributed by atoms with Crippen LogP contribution in [0.1, 0.15) is 32.3 Å². The topological polar surface area (TPSA) is 49.3 Å². The number of hydrogen-bond acceptors (Lipinski definition) is 2. The van der Waals surface area contributed by atoms with Crippen LogP contribution >= 0.6 is 23.2 Å². The van der Waals surface area contributed by atoms with Crippen molar-refractivity contribution < 1.29 is 9.90 Å². The maximum atomic E-state index is 11.9. The second-order valence-electron chi connectivity index (χ2n) is 4.82. The summed E-state index contributed by atoms with van der Waals surface area (Å²) in [6, 6.07) is 5.15. The number of aliphatic hydroxyl groups excluding tert-OH is 1. The first kappa shape index (κ1) is 17.3. The summed E-state index contributed by atoms with van der Waals surface area (Å²) in [7, 11) is 0. The van der Waals surface area contributed by atoms with E-state index in [1.807, 2.05) is 13.8 Å². The zero-order valence-corrected chi connectivity index (χ0v) is 13.3. The van der Waals surface area contributed by atoms with Crippen molar-refractivity contribution >= 4 is 29.1 Å². The molecule has 0 aromatic heterocycles. The van der Waals surface area contributed by atoms with E-state index in [1.54, 1.807) is 18.2 Å². The molecule has 0 saturated carbocycles. The number of benzene rings is 1. The Hall–Kier alpha value is -0.770. The Morgan fingerprint density at radius 1 is 1.25 bits per heavy atom. The Kier molecular flexibility index (Phi) is 7.35. The lowest BCUT2D eigenvalue weighted by Gasteiger charge is -2.20. The van der Waals surface area contributed by atoms with E-state index in [-0.39, 0.29) is 24.8 Å². The van der Waals surface area contributed by atoms with Gasteiger partial charge in [-0.3, -0.25) is 4.79 Å². The lowest BCUT2D eigenvalue weighted by Crippen LogP contribution is -2.36. The molecule has 0 heterocycles. The minimum absolute atomic E-state index is 0.119. The summed E-state index contributed by atoms with van der Waals surface area (Å²) in [4.78, 5) is 11.9. The molecule has 0 aliphatic rings. The highest BCUT2D eigenvalue weighted by molar-refractivity contribution is 6.36. The third-order valence-corrected chi connectivity index (χ3v) is 4.21. The van der Waals surface area contributed by atoms with Gasteiger partial charge in [0.2, 0.25) is 5.91 Å². The van der Waals surface area contributed by atoms with E-state index in [4.69, 9.17) is 23.2 Å². The van der Waals surface area contributed by atoms with E-state index >= 15 is 0 Å². The number of amides is 1. The standard InChI is InChI=1S/C15H21Cl2NO2/c1-3-10(4-2)14(19)9-18-15(20)8-11-12(16)6-5-7-13(11)17/h5-7,10,14,19H,3-4,8-9H2,1-2H3,(H,18,20). The molecule has 0 spiro atoms. The van der Waals surface area contributed by atoms with E-state index < -0.39 is 6.10 Å². The van der Waals surface area contributed by atoms with Gasteiger partial charge < -0.3 is 10.4 Å². The molecule has 0 radical (unpaired) electrons. The van der Waals surface area contributed by atoms with Crippen molar-refractivity contribution in [3.05, 3.63) is 33.8 Å². The highest BCUT2D eigenvalue weighted by atomic mass is 35.5. The largest absolute Gasteiger partial charge is 0.391 e. The van der Waals surface area contributed by atoms with Crippen LogP contribution in [0.4, 0.5) is 0 Å². The van der Waals surface area contributed by atoms with Gasteiger partial charge in [0, 0.05) is 16.6 Å². The Labute approximate surface area is 130 Å². The summed E-state index contributed by atoms with van der Waals surface area (Å²) in [5.74, 6) is 0.0178. The van der Waals surface area contributed by atoms with Gasteiger partial charge in [0.15, 0.2) is 0 Å². The first-order valence-corrected chi connectivity index (χ1v) is 7.62. The maximum Gasteiger partial charge on any atom is 0.224 e. The third kappa shape index (κ3) is 4.97. The molecule has 1 unspecified atom stereocenters. The second-order valence-corrected chi connectivity index (χ2v) is 5.64.